The summed E-state index contributed by atoms with van der Waals surface area (Å²) in [7, 11) is -3.21. The maximum atomic E-state index is 11.5. The van der Waals surface area contributed by atoms with Crippen LogP contribution in [0.25, 0.3) is 0 Å². The zero-order valence-electron chi connectivity index (χ0n) is 19.2. The number of benzene rings is 2. The highest BCUT2D eigenvalue weighted by Crippen LogP contribution is 2.40. The van der Waals surface area contributed by atoms with E-state index in [1.54, 1.807) is 6.07 Å². The third-order valence-electron chi connectivity index (χ3n) is 5.23. The Bertz CT molecular complexity index is 1230. The third kappa shape index (κ3) is 6.74. The number of sulfone groups is 1. The van der Waals surface area contributed by atoms with Gasteiger partial charge in [0, 0.05) is 17.9 Å². The van der Waals surface area contributed by atoms with Gasteiger partial charge in [-0.25, -0.2) is 18.4 Å². The predicted octanol–water partition coefficient (Wildman–Crippen LogP) is 4.78. The van der Waals surface area contributed by atoms with Crippen LogP contribution < -0.4 is 15.2 Å². The van der Waals surface area contributed by atoms with Crippen LogP contribution in [0.5, 0.6) is 11.5 Å². The van der Waals surface area contributed by atoms with E-state index in [0.717, 1.165) is 17.4 Å². The normalized spacial score (nSPS) is 11.9. The molecule has 3 rings (SSSR count). The van der Waals surface area contributed by atoms with Gasteiger partial charge in [0.15, 0.2) is 15.6 Å². The summed E-state index contributed by atoms with van der Waals surface area (Å²) in [4.78, 5) is 8.26. The largest absolute Gasteiger partial charge is 0.489 e. The van der Waals surface area contributed by atoms with E-state index in [1.807, 2.05) is 36.4 Å². The summed E-state index contributed by atoms with van der Waals surface area (Å²) >= 11 is 12.1. The van der Waals surface area contributed by atoms with E-state index in [1.165, 1.54) is 6.20 Å². The quantitative estimate of drug-likeness (QED) is 0.301. The van der Waals surface area contributed by atoms with Gasteiger partial charge in [0.1, 0.15) is 30.5 Å². The molecule has 1 heterocycles. The lowest BCUT2D eigenvalue weighted by atomic mass is 9.78. The highest BCUT2D eigenvalue weighted by molar-refractivity contribution is 7.89. The molecule has 0 amide bonds. The summed E-state index contributed by atoms with van der Waals surface area (Å²) in [5.74, 6) is 1.48. The minimum absolute atomic E-state index is 0.192. The van der Waals surface area contributed by atoms with Crippen molar-refractivity contribution in [2.24, 2.45) is 0 Å². The van der Waals surface area contributed by atoms with Crippen LogP contribution in [-0.4, -0.2) is 37.1 Å². The number of hydrogen-bond donors (Lipinski definition) is 1. The Morgan fingerprint density at radius 3 is 2.38 bits per heavy atom. The summed E-state index contributed by atoms with van der Waals surface area (Å²) in [6.07, 6.45) is 2.68. The molecule has 0 radical (unpaired) electrons. The highest BCUT2D eigenvalue weighted by atomic mass is 35.5. The second-order valence-corrected chi connectivity index (χ2v) is 11.3. The Kier molecular flexibility index (Phi) is 8.28. The molecule has 0 aliphatic heterocycles. The van der Waals surface area contributed by atoms with Gasteiger partial charge in [-0.05, 0) is 41.5 Å². The first-order chi connectivity index (χ1) is 16.0. The van der Waals surface area contributed by atoms with Gasteiger partial charge in [-0.15, -0.1) is 11.6 Å². The number of nitrogens with two attached hydrogens (primary N) is 1. The number of hydrogen-bond acceptors (Lipinski definition) is 7. The molecule has 0 aliphatic rings. The minimum Gasteiger partial charge on any atom is -0.489 e. The summed E-state index contributed by atoms with van der Waals surface area (Å²) < 4.78 is 34.3. The number of alkyl halides is 1. The summed E-state index contributed by atoms with van der Waals surface area (Å²) in [6.45, 7) is 4.68. The Balaban J connectivity index is 1.72. The van der Waals surface area contributed by atoms with Crippen LogP contribution in [0.2, 0.25) is 5.02 Å². The van der Waals surface area contributed by atoms with Crippen LogP contribution in [0.4, 0.5) is 5.69 Å². The summed E-state index contributed by atoms with van der Waals surface area (Å²) in [5.41, 5.74) is 8.85. The maximum Gasteiger partial charge on any atom is 0.160 e. The Hall–Kier alpha value is -2.55. The van der Waals surface area contributed by atoms with Crippen molar-refractivity contribution in [2.75, 3.05) is 24.5 Å². The Morgan fingerprint density at radius 2 is 1.76 bits per heavy atom. The molecule has 0 aliphatic carbocycles. The molecule has 1 aromatic heterocycles. The average Bonchev–Trinajstić information content (AvgIpc) is 2.76. The first-order valence-corrected chi connectivity index (χ1v) is 13.5. The number of anilines is 1. The SMILES string of the molecule is CC(C)(c1ccc(OCc2ccnc(CS(C)(=O)=O)n2)cc1)c1cc(N)c(OCCCl)c(Cl)c1. The van der Waals surface area contributed by atoms with Crippen molar-refractivity contribution in [1.29, 1.82) is 0 Å². The molecule has 2 aromatic carbocycles. The van der Waals surface area contributed by atoms with E-state index in [4.69, 9.17) is 38.4 Å². The van der Waals surface area contributed by atoms with Crippen molar-refractivity contribution < 1.29 is 17.9 Å². The number of rotatable bonds is 10. The molecule has 0 saturated carbocycles. The molecule has 0 spiro atoms. The smallest absolute Gasteiger partial charge is 0.160 e. The number of aromatic nitrogens is 2. The third-order valence-corrected chi connectivity index (χ3v) is 6.45. The van der Waals surface area contributed by atoms with Crippen LogP contribution in [-0.2, 0) is 27.6 Å². The van der Waals surface area contributed by atoms with Crippen LogP contribution in [0.15, 0.2) is 48.7 Å². The molecule has 2 N–H and O–H groups in total. The average molecular weight is 524 g/mol. The zero-order valence-corrected chi connectivity index (χ0v) is 21.5. The van der Waals surface area contributed by atoms with E-state index in [-0.39, 0.29) is 23.6 Å². The van der Waals surface area contributed by atoms with Crippen LogP contribution in [0, 0.1) is 0 Å². The maximum absolute atomic E-state index is 11.5. The minimum atomic E-state index is -3.21. The van der Waals surface area contributed by atoms with Gasteiger partial charge in [0.25, 0.3) is 0 Å². The first kappa shape index (κ1) is 26.1. The fraction of sp³-hybridized carbons (Fsp3) is 0.333. The zero-order chi connectivity index (χ0) is 24.9. The Labute approximate surface area is 210 Å². The number of nitrogens with zero attached hydrogens (tertiary/aromatic N) is 2. The van der Waals surface area contributed by atoms with Crippen molar-refractivity contribution >= 4 is 38.7 Å². The van der Waals surface area contributed by atoms with Gasteiger partial charge < -0.3 is 15.2 Å². The fourth-order valence-electron chi connectivity index (χ4n) is 3.39. The summed E-state index contributed by atoms with van der Waals surface area (Å²) in [5, 5.41) is 0.438. The number of nitrogen functional groups attached to an aromatic ring is 1. The van der Waals surface area contributed by atoms with Crippen molar-refractivity contribution in [3.8, 4) is 11.5 Å². The second-order valence-electron chi connectivity index (χ2n) is 8.39. The fourth-order valence-corrected chi connectivity index (χ4v) is 4.35. The molecule has 10 heteroatoms. The summed E-state index contributed by atoms with van der Waals surface area (Å²) in [6, 6.07) is 13.1. The molecule has 182 valence electrons. The van der Waals surface area contributed by atoms with E-state index in [2.05, 4.69) is 23.8 Å². The van der Waals surface area contributed by atoms with E-state index in [0.29, 0.717) is 40.4 Å². The molecule has 0 saturated heterocycles. The molecular weight excluding hydrogens is 497 g/mol. The molecule has 3 aromatic rings. The van der Waals surface area contributed by atoms with Gasteiger partial charge in [0.2, 0.25) is 0 Å². The molecule has 34 heavy (non-hydrogen) atoms. The lowest BCUT2D eigenvalue weighted by Crippen LogP contribution is -2.19. The molecular formula is C24H27Cl2N3O4S. The lowest BCUT2D eigenvalue weighted by molar-refractivity contribution is 0.300. The van der Waals surface area contributed by atoms with Crippen molar-refractivity contribution in [3.63, 3.8) is 0 Å². The number of ether oxygens (including phenoxy) is 2. The molecule has 0 unspecified atom stereocenters. The second kappa shape index (κ2) is 10.8. The Morgan fingerprint density at radius 1 is 1.06 bits per heavy atom. The molecule has 0 fully saturated rings. The van der Waals surface area contributed by atoms with Crippen molar-refractivity contribution in [2.45, 2.75) is 31.6 Å². The molecule has 0 bridgehead atoms. The molecule has 0 atom stereocenters. The van der Waals surface area contributed by atoms with Crippen LogP contribution in [0.3, 0.4) is 0 Å². The van der Waals surface area contributed by atoms with Gasteiger partial charge in [0.05, 0.1) is 22.3 Å². The van der Waals surface area contributed by atoms with Crippen molar-refractivity contribution in [3.05, 3.63) is 76.3 Å². The van der Waals surface area contributed by atoms with Crippen molar-refractivity contribution in [1.82, 2.24) is 9.97 Å². The first-order valence-electron chi connectivity index (χ1n) is 10.5. The van der Waals surface area contributed by atoms with Gasteiger partial charge >= 0.3 is 0 Å². The standard InChI is InChI=1S/C24H27Cl2N3O4S/c1-24(2,17-12-20(26)23(21(27)13-17)32-11-9-25)16-4-6-19(7-5-16)33-14-18-8-10-28-22(29-18)15-34(3,30)31/h4-8,10,12-13H,9,11,14-15,27H2,1-3H3. The lowest BCUT2D eigenvalue weighted by Gasteiger charge is -2.27. The van der Waals surface area contributed by atoms with E-state index in [9.17, 15) is 8.42 Å². The van der Waals surface area contributed by atoms with Gasteiger partial charge in [-0.1, -0.05) is 37.6 Å². The number of halogens is 2. The van der Waals surface area contributed by atoms with Crippen LogP contribution >= 0.6 is 23.2 Å². The van der Waals surface area contributed by atoms with E-state index < -0.39 is 9.84 Å². The van der Waals surface area contributed by atoms with E-state index >= 15 is 0 Å². The topological polar surface area (TPSA) is 104 Å². The van der Waals surface area contributed by atoms with Gasteiger partial charge in [-0.2, -0.15) is 0 Å². The molecule has 7 nitrogen and oxygen atoms in total. The monoisotopic (exact) mass is 523 g/mol. The van der Waals surface area contributed by atoms with Gasteiger partial charge in [-0.3, -0.25) is 0 Å². The highest BCUT2D eigenvalue weighted by Gasteiger charge is 2.25. The predicted molar refractivity (Wildman–Crippen MR) is 136 cm³/mol. The van der Waals surface area contributed by atoms with Crippen LogP contribution in [0.1, 0.15) is 36.5 Å².